The summed E-state index contributed by atoms with van der Waals surface area (Å²) < 4.78 is 0. The number of nitrogens with one attached hydrogen (secondary N) is 2. The monoisotopic (exact) mass is 336 g/mol. The summed E-state index contributed by atoms with van der Waals surface area (Å²) in [7, 11) is 0. The Kier molecular flexibility index (Phi) is 4.84. The molecule has 0 bridgehead atoms. The fraction of sp³-hybridized carbons (Fsp3) is 0.0588. The van der Waals surface area contributed by atoms with Crippen LogP contribution in [0.1, 0.15) is 11.1 Å². The normalized spacial score (nSPS) is 10.0. The smallest absolute Gasteiger partial charge is 0.244 e. The zero-order chi connectivity index (χ0) is 16.8. The Morgan fingerprint density at radius 3 is 2.83 bits per heavy atom. The Labute approximate surface area is 144 Å². The van der Waals surface area contributed by atoms with Crippen LogP contribution in [-0.2, 0) is 6.54 Å². The third kappa shape index (κ3) is 3.97. The van der Waals surface area contributed by atoms with E-state index in [9.17, 15) is 0 Å². The second kappa shape index (κ2) is 7.40. The third-order valence-electron chi connectivity index (χ3n) is 3.22. The second-order valence-electron chi connectivity index (χ2n) is 4.93. The van der Waals surface area contributed by atoms with E-state index in [0.717, 1.165) is 11.3 Å². The zero-order valence-corrected chi connectivity index (χ0v) is 13.3. The minimum absolute atomic E-state index is 0.386. The fourth-order valence-corrected chi connectivity index (χ4v) is 2.27. The molecule has 1 heterocycles. The van der Waals surface area contributed by atoms with Crippen LogP contribution in [0.5, 0.6) is 0 Å². The molecule has 0 amide bonds. The average Bonchev–Trinajstić information content (AvgIpc) is 2.61. The van der Waals surface area contributed by atoms with Gasteiger partial charge in [0.1, 0.15) is 0 Å². The number of hydrogen-bond acceptors (Lipinski definition) is 6. The first kappa shape index (κ1) is 15.7. The van der Waals surface area contributed by atoms with E-state index in [-0.39, 0.29) is 0 Å². The Hall–Kier alpha value is -3.17. The molecule has 2 aromatic carbocycles. The molecule has 0 saturated carbocycles. The number of aromatic nitrogens is 3. The van der Waals surface area contributed by atoms with Crippen molar-refractivity contribution < 1.29 is 0 Å². The predicted molar refractivity (Wildman–Crippen MR) is 93.0 cm³/mol. The molecule has 2 N–H and O–H groups in total. The number of anilines is 3. The molecule has 7 heteroatoms. The van der Waals surface area contributed by atoms with Gasteiger partial charge in [0.05, 0.1) is 17.8 Å². The Morgan fingerprint density at radius 2 is 2.00 bits per heavy atom. The number of benzene rings is 2. The van der Waals surface area contributed by atoms with Crippen LogP contribution in [0, 0.1) is 11.3 Å². The molecule has 0 spiro atoms. The molecule has 0 unspecified atom stereocenters. The highest BCUT2D eigenvalue weighted by Gasteiger charge is 2.04. The van der Waals surface area contributed by atoms with E-state index in [1.807, 2.05) is 30.3 Å². The van der Waals surface area contributed by atoms with Gasteiger partial charge in [0, 0.05) is 17.3 Å². The van der Waals surface area contributed by atoms with Crippen molar-refractivity contribution in [3.63, 3.8) is 0 Å². The Balaban J connectivity index is 1.70. The summed E-state index contributed by atoms with van der Waals surface area (Å²) in [6, 6.07) is 16.8. The lowest BCUT2D eigenvalue weighted by Gasteiger charge is -2.08. The Morgan fingerprint density at radius 1 is 1.12 bits per heavy atom. The first-order chi connectivity index (χ1) is 11.7. The van der Waals surface area contributed by atoms with Crippen LogP contribution >= 0.6 is 11.6 Å². The summed E-state index contributed by atoms with van der Waals surface area (Å²) in [6.45, 7) is 0.495. The van der Waals surface area contributed by atoms with E-state index >= 15 is 0 Å². The maximum absolute atomic E-state index is 8.94. The number of halogens is 1. The third-order valence-corrected chi connectivity index (χ3v) is 3.59. The standard InChI is InChI=1S/C17H13ClN6/c18-15-7-2-1-5-13(15)10-20-17-23-16(11-21-24-17)22-14-6-3-4-12(8-14)9-19/h1-8,11H,10H2,(H2,20,22,23,24). The molecule has 0 atom stereocenters. The Bertz CT molecular complexity index is 890. The molecule has 24 heavy (non-hydrogen) atoms. The van der Waals surface area contributed by atoms with Crippen LogP contribution in [-0.4, -0.2) is 15.2 Å². The van der Waals surface area contributed by atoms with E-state index in [0.29, 0.717) is 28.9 Å². The van der Waals surface area contributed by atoms with E-state index in [2.05, 4.69) is 31.9 Å². The molecule has 0 aliphatic carbocycles. The van der Waals surface area contributed by atoms with Crippen molar-refractivity contribution in [2.45, 2.75) is 6.54 Å². The van der Waals surface area contributed by atoms with Crippen molar-refractivity contribution in [2.75, 3.05) is 10.6 Å². The summed E-state index contributed by atoms with van der Waals surface area (Å²) in [6.07, 6.45) is 1.51. The quantitative estimate of drug-likeness (QED) is 0.737. The number of rotatable bonds is 5. The predicted octanol–water partition coefficient (Wildman–Crippen LogP) is 3.75. The lowest BCUT2D eigenvalue weighted by molar-refractivity contribution is 0.949. The topological polar surface area (TPSA) is 86.5 Å². The molecule has 0 saturated heterocycles. The second-order valence-corrected chi connectivity index (χ2v) is 5.33. The van der Waals surface area contributed by atoms with E-state index in [1.54, 1.807) is 18.2 Å². The highest BCUT2D eigenvalue weighted by Crippen LogP contribution is 2.18. The van der Waals surface area contributed by atoms with Crippen molar-refractivity contribution in [1.82, 2.24) is 15.2 Å². The zero-order valence-electron chi connectivity index (χ0n) is 12.6. The van der Waals surface area contributed by atoms with Crippen molar-refractivity contribution in [2.24, 2.45) is 0 Å². The summed E-state index contributed by atoms with van der Waals surface area (Å²) in [5.74, 6) is 0.915. The van der Waals surface area contributed by atoms with Crippen LogP contribution in [0.15, 0.2) is 54.7 Å². The van der Waals surface area contributed by atoms with Gasteiger partial charge in [0.25, 0.3) is 0 Å². The lowest BCUT2D eigenvalue weighted by atomic mass is 10.2. The van der Waals surface area contributed by atoms with Crippen molar-refractivity contribution >= 4 is 29.1 Å². The first-order valence-corrected chi connectivity index (χ1v) is 7.56. The molecule has 6 nitrogen and oxygen atoms in total. The number of nitriles is 1. The first-order valence-electron chi connectivity index (χ1n) is 7.19. The van der Waals surface area contributed by atoms with Crippen molar-refractivity contribution in [3.8, 4) is 6.07 Å². The van der Waals surface area contributed by atoms with Crippen LogP contribution in [0.25, 0.3) is 0 Å². The lowest BCUT2D eigenvalue weighted by Crippen LogP contribution is -2.06. The molecule has 1 aromatic heterocycles. The van der Waals surface area contributed by atoms with Gasteiger partial charge in [-0.1, -0.05) is 35.9 Å². The highest BCUT2D eigenvalue weighted by atomic mass is 35.5. The fourth-order valence-electron chi connectivity index (χ4n) is 2.07. The van der Waals surface area contributed by atoms with Crippen LogP contribution < -0.4 is 10.6 Å². The van der Waals surface area contributed by atoms with Gasteiger partial charge in [-0.05, 0) is 29.8 Å². The van der Waals surface area contributed by atoms with Gasteiger partial charge in [-0.15, -0.1) is 5.10 Å². The summed E-state index contributed by atoms with van der Waals surface area (Å²) in [5, 5.41) is 23.7. The van der Waals surface area contributed by atoms with E-state index < -0.39 is 0 Å². The summed E-state index contributed by atoms with van der Waals surface area (Å²) in [5.41, 5.74) is 2.27. The largest absolute Gasteiger partial charge is 0.349 e. The van der Waals surface area contributed by atoms with Gasteiger partial charge < -0.3 is 10.6 Å². The summed E-state index contributed by atoms with van der Waals surface area (Å²) >= 11 is 6.12. The SMILES string of the molecule is N#Cc1cccc(Nc2cnnc(NCc3ccccc3Cl)n2)c1. The number of nitrogens with zero attached hydrogens (tertiary/aromatic N) is 4. The van der Waals surface area contributed by atoms with Crippen LogP contribution in [0.2, 0.25) is 5.02 Å². The van der Waals surface area contributed by atoms with Gasteiger partial charge in [-0.25, -0.2) is 0 Å². The van der Waals surface area contributed by atoms with Gasteiger partial charge >= 0.3 is 0 Å². The molecular formula is C17H13ClN6. The van der Waals surface area contributed by atoms with Gasteiger partial charge in [0.2, 0.25) is 5.95 Å². The molecule has 3 aromatic rings. The maximum atomic E-state index is 8.94. The van der Waals surface area contributed by atoms with Gasteiger partial charge in [-0.2, -0.15) is 15.3 Å². The molecule has 3 rings (SSSR count). The maximum Gasteiger partial charge on any atom is 0.244 e. The summed E-state index contributed by atoms with van der Waals surface area (Å²) in [4.78, 5) is 4.35. The molecule has 0 fully saturated rings. The molecule has 0 radical (unpaired) electrons. The highest BCUT2D eigenvalue weighted by molar-refractivity contribution is 6.31. The molecular weight excluding hydrogens is 324 g/mol. The average molecular weight is 337 g/mol. The van der Waals surface area contributed by atoms with Gasteiger partial charge in [0.15, 0.2) is 5.82 Å². The molecule has 118 valence electrons. The molecule has 0 aliphatic rings. The minimum atomic E-state index is 0.386. The van der Waals surface area contributed by atoms with E-state index in [1.165, 1.54) is 6.20 Å². The van der Waals surface area contributed by atoms with Crippen LogP contribution in [0.4, 0.5) is 17.5 Å². The number of hydrogen-bond donors (Lipinski definition) is 2. The van der Waals surface area contributed by atoms with E-state index in [4.69, 9.17) is 16.9 Å². The van der Waals surface area contributed by atoms with Crippen molar-refractivity contribution in [1.29, 1.82) is 5.26 Å². The van der Waals surface area contributed by atoms with Gasteiger partial charge in [-0.3, -0.25) is 0 Å². The van der Waals surface area contributed by atoms with Crippen LogP contribution in [0.3, 0.4) is 0 Å². The molecule has 0 aliphatic heterocycles. The minimum Gasteiger partial charge on any atom is -0.349 e. The van der Waals surface area contributed by atoms with Crippen molar-refractivity contribution in [3.05, 3.63) is 70.9 Å².